The first-order chi connectivity index (χ1) is 15.3. The van der Waals surface area contributed by atoms with E-state index in [1.807, 2.05) is 19.2 Å². The van der Waals surface area contributed by atoms with Gasteiger partial charge in [0.1, 0.15) is 11.5 Å². The van der Waals surface area contributed by atoms with E-state index in [-0.39, 0.29) is 0 Å². The van der Waals surface area contributed by atoms with Gasteiger partial charge in [-0.25, -0.2) is 13.4 Å². The lowest BCUT2D eigenvalue weighted by Crippen LogP contribution is -2.46. The molecule has 1 aliphatic heterocycles. The van der Waals surface area contributed by atoms with Crippen molar-refractivity contribution in [2.75, 3.05) is 49.3 Å². The van der Waals surface area contributed by atoms with Gasteiger partial charge in [-0.2, -0.15) is 0 Å². The minimum Gasteiger partial charge on any atom is -0.368 e. The van der Waals surface area contributed by atoms with Crippen molar-refractivity contribution in [3.05, 3.63) is 48.2 Å². The Hall–Kier alpha value is -2.58. The number of aryl methyl sites for hydroxylation is 1. The molecule has 3 aromatic rings. The summed E-state index contributed by atoms with van der Waals surface area (Å²) >= 11 is 0. The molecule has 0 atom stereocenters. The average Bonchev–Trinajstić information content (AvgIpc) is 3.08. The van der Waals surface area contributed by atoms with Gasteiger partial charge in [0.05, 0.1) is 4.90 Å². The maximum Gasteiger partial charge on any atom is 0.175 e. The number of hydrogen-bond acceptors (Lipinski definition) is 6. The van der Waals surface area contributed by atoms with Gasteiger partial charge in [-0.05, 0) is 62.7 Å². The van der Waals surface area contributed by atoms with Crippen LogP contribution < -0.4 is 15.1 Å². The van der Waals surface area contributed by atoms with Crippen LogP contribution >= 0.6 is 0 Å². The zero-order valence-corrected chi connectivity index (χ0v) is 19.8. The van der Waals surface area contributed by atoms with Crippen molar-refractivity contribution >= 4 is 32.4 Å². The normalized spacial score (nSPS) is 21.7. The van der Waals surface area contributed by atoms with Gasteiger partial charge in [-0.3, -0.25) is 0 Å². The molecule has 8 heteroatoms. The second kappa shape index (κ2) is 8.08. The lowest BCUT2D eigenvalue weighted by molar-refractivity contribution is 0.240. The fourth-order valence-corrected chi connectivity index (χ4v) is 5.55. The molecule has 1 saturated carbocycles. The summed E-state index contributed by atoms with van der Waals surface area (Å²) in [5.74, 6) is 1.02. The monoisotopic (exact) mass is 453 g/mol. The molecule has 7 nitrogen and oxygen atoms in total. The van der Waals surface area contributed by atoms with Gasteiger partial charge in [-0.1, -0.05) is 6.07 Å². The summed E-state index contributed by atoms with van der Waals surface area (Å²) in [5, 5.41) is 4.60. The van der Waals surface area contributed by atoms with Crippen molar-refractivity contribution in [2.24, 2.45) is 0 Å². The van der Waals surface area contributed by atoms with E-state index < -0.39 is 9.84 Å². The molecule has 1 saturated heterocycles. The summed E-state index contributed by atoms with van der Waals surface area (Å²) in [7, 11) is -1.17. The summed E-state index contributed by atoms with van der Waals surface area (Å²) in [4.78, 5) is 10.0. The molecule has 1 aromatic carbocycles. The highest BCUT2D eigenvalue weighted by Crippen LogP contribution is 2.36. The van der Waals surface area contributed by atoms with Crippen molar-refractivity contribution in [1.82, 2.24) is 14.9 Å². The molecule has 0 bridgehead atoms. The third-order valence-electron chi connectivity index (χ3n) is 6.99. The molecule has 2 fully saturated rings. The smallest absolute Gasteiger partial charge is 0.175 e. The summed E-state index contributed by atoms with van der Waals surface area (Å²) < 4.78 is 26.2. The molecule has 1 N–H and O–H groups in total. The number of sulfone groups is 1. The van der Waals surface area contributed by atoms with Crippen molar-refractivity contribution in [3.8, 4) is 0 Å². The maximum atomic E-state index is 11.9. The van der Waals surface area contributed by atoms with Gasteiger partial charge < -0.3 is 19.7 Å². The van der Waals surface area contributed by atoms with Crippen molar-refractivity contribution in [1.29, 1.82) is 0 Å². The lowest BCUT2D eigenvalue weighted by Gasteiger charge is -2.37. The van der Waals surface area contributed by atoms with Crippen LogP contribution in [0.3, 0.4) is 0 Å². The SMILES string of the molecule is CNC1CC(n2cc(C)c3ccc(N4CCN(c5cccc(S(C)(=O)=O)c5)CC4)nc32)C1. The van der Waals surface area contributed by atoms with Crippen LogP contribution in [0, 0.1) is 6.92 Å². The summed E-state index contributed by atoms with van der Waals surface area (Å²) in [6.45, 7) is 5.54. The molecule has 0 radical (unpaired) electrons. The van der Waals surface area contributed by atoms with Gasteiger partial charge in [0.25, 0.3) is 0 Å². The van der Waals surface area contributed by atoms with Crippen molar-refractivity contribution in [2.45, 2.75) is 36.7 Å². The molecule has 0 amide bonds. The first-order valence-electron chi connectivity index (χ1n) is 11.3. The third kappa shape index (κ3) is 3.86. The molecule has 1 aliphatic carbocycles. The number of benzene rings is 1. The highest BCUT2D eigenvalue weighted by atomic mass is 32.2. The van der Waals surface area contributed by atoms with E-state index in [1.54, 1.807) is 12.1 Å². The van der Waals surface area contributed by atoms with Crippen LogP contribution in [0.5, 0.6) is 0 Å². The number of fused-ring (bicyclic) bond motifs is 1. The van der Waals surface area contributed by atoms with Crippen LogP contribution in [0.15, 0.2) is 47.5 Å². The molecule has 3 heterocycles. The second-order valence-electron chi connectivity index (χ2n) is 9.11. The number of rotatable bonds is 5. The van der Waals surface area contributed by atoms with E-state index in [4.69, 9.17) is 4.98 Å². The fraction of sp³-hybridized carbons (Fsp3) is 0.458. The Balaban J connectivity index is 1.33. The predicted molar refractivity (Wildman–Crippen MR) is 130 cm³/mol. The number of piperazine rings is 1. The van der Waals surface area contributed by atoms with E-state index in [9.17, 15) is 8.42 Å². The Bertz CT molecular complexity index is 1240. The van der Waals surface area contributed by atoms with Gasteiger partial charge in [0.15, 0.2) is 9.84 Å². The number of nitrogens with zero attached hydrogens (tertiary/aromatic N) is 4. The highest BCUT2D eigenvalue weighted by Gasteiger charge is 2.30. The lowest BCUT2D eigenvalue weighted by atomic mass is 9.87. The Morgan fingerprint density at radius 3 is 2.44 bits per heavy atom. The molecule has 170 valence electrons. The van der Waals surface area contributed by atoms with Crippen LogP contribution in [0.25, 0.3) is 11.0 Å². The molecule has 2 aromatic heterocycles. The van der Waals surface area contributed by atoms with Crippen LogP contribution in [0.1, 0.15) is 24.4 Å². The Morgan fingerprint density at radius 1 is 1.03 bits per heavy atom. The van der Waals surface area contributed by atoms with Gasteiger partial charge in [-0.15, -0.1) is 0 Å². The molecule has 32 heavy (non-hydrogen) atoms. The van der Waals surface area contributed by atoms with Crippen LogP contribution in [-0.2, 0) is 9.84 Å². The summed E-state index contributed by atoms with van der Waals surface area (Å²) in [5.41, 5.74) is 3.33. The highest BCUT2D eigenvalue weighted by molar-refractivity contribution is 7.90. The minimum atomic E-state index is -3.20. The number of aromatic nitrogens is 2. The second-order valence-corrected chi connectivity index (χ2v) is 11.1. The standard InChI is InChI=1S/C24H31N5O2S/c1-17-16-29(20-13-18(14-20)25-2)24-22(17)7-8-23(26-24)28-11-9-27(10-12-28)19-5-4-6-21(15-19)32(3,30)31/h4-8,15-16,18,20,25H,9-14H2,1-3H3. The average molecular weight is 454 g/mol. The first-order valence-corrected chi connectivity index (χ1v) is 13.2. The van der Waals surface area contributed by atoms with E-state index in [0.29, 0.717) is 17.0 Å². The van der Waals surface area contributed by atoms with Crippen LogP contribution in [0.4, 0.5) is 11.5 Å². The van der Waals surface area contributed by atoms with E-state index >= 15 is 0 Å². The number of hydrogen-bond donors (Lipinski definition) is 1. The van der Waals surface area contributed by atoms with Gasteiger partial charge in [0, 0.05) is 61.8 Å². The van der Waals surface area contributed by atoms with Gasteiger partial charge in [0.2, 0.25) is 0 Å². The molecular weight excluding hydrogens is 422 g/mol. The molecule has 2 aliphatic rings. The number of anilines is 2. The third-order valence-corrected chi connectivity index (χ3v) is 8.10. The minimum absolute atomic E-state index is 0.372. The number of nitrogens with one attached hydrogen (secondary N) is 1. The molecule has 0 spiro atoms. The maximum absolute atomic E-state index is 11.9. The van der Waals surface area contributed by atoms with Crippen molar-refractivity contribution in [3.63, 3.8) is 0 Å². The predicted octanol–water partition coefficient (Wildman–Crippen LogP) is 3.00. The molecule has 0 unspecified atom stereocenters. The van der Waals surface area contributed by atoms with E-state index in [1.165, 1.54) is 17.2 Å². The fourth-order valence-electron chi connectivity index (χ4n) is 4.89. The first kappa shape index (κ1) is 21.3. The zero-order chi connectivity index (χ0) is 22.5. The molecule has 5 rings (SSSR count). The molecular formula is C24H31N5O2S. The zero-order valence-electron chi connectivity index (χ0n) is 19.0. The van der Waals surface area contributed by atoms with Gasteiger partial charge >= 0.3 is 0 Å². The van der Waals surface area contributed by atoms with Crippen molar-refractivity contribution < 1.29 is 8.42 Å². The quantitative estimate of drug-likeness (QED) is 0.641. The topological polar surface area (TPSA) is 70.5 Å². The van der Waals surface area contributed by atoms with E-state index in [0.717, 1.165) is 56.2 Å². The largest absolute Gasteiger partial charge is 0.368 e. The summed E-state index contributed by atoms with van der Waals surface area (Å²) in [6, 6.07) is 12.7. The summed E-state index contributed by atoms with van der Waals surface area (Å²) in [6.07, 6.45) is 5.81. The Morgan fingerprint density at radius 2 is 1.75 bits per heavy atom. The van der Waals surface area contributed by atoms with Crippen LogP contribution in [0.2, 0.25) is 0 Å². The number of pyridine rings is 1. The van der Waals surface area contributed by atoms with E-state index in [2.05, 4.69) is 44.9 Å². The Kier molecular flexibility index (Phi) is 5.37. The Labute approximate surface area is 190 Å². The van der Waals surface area contributed by atoms with Crippen LogP contribution in [-0.4, -0.2) is 63.5 Å².